The quantitative estimate of drug-likeness (QED) is 0.488. The summed E-state index contributed by atoms with van der Waals surface area (Å²) in [5.41, 5.74) is 1.96. The fraction of sp³-hybridized carbons (Fsp3) is 0.533. The second-order valence-corrected chi connectivity index (χ2v) is 4.86. The molecule has 1 rings (SSSR count). The van der Waals surface area contributed by atoms with E-state index in [4.69, 9.17) is 9.47 Å². The Bertz CT molecular complexity index is 441. The molecule has 106 valence electrons. The maximum absolute atomic E-state index is 11.1. The zero-order valence-corrected chi connectivity index (χ0v) is 12.4. The van der Waals surface area contributed by atoms with Gasteiger partial charge in [0.15, 0.2) is 0 Å². The van der Waals surface area contributed by atoms with E-state index in [0.29, 0.717) is 18.3 Å². The summed E-state index contributed by atoms with van der Waals surface area (Å²) in [6.45, 7) is 8.91. The molecular formula is C15H23NO3. The van der Waals surface area contributed by atoms with E-state index in [-0.39, 0.29) is 5.97 Å². The Balaban J connectivity index is 3.03. The molecule has 0 fully saturated rings. The van der Waals surface area contributed by atoms with E-state index in [9.17, 15) is 4.79 Å². The van der Waals surface area contributed by atoms with Crippen LogP contribution in [0, 0.1) is 6.92 Å². The second kappa shape index (κ2) is 7.14. The minimum absolute atomic E-state index is 0.304. The average Bonchev–Trinajstić information content (AvgIpc) is 2.31. The first-order valence-corrected chi connectivity index (χ1v) is 6.56. The number of benzene rings is 1. The molecule has 0 spiro atoms. The number of carbonyl (C=O) groups is 1. The number of carbonyl (C=O) groups excluding carboxylic acids is 1. The molecule has 1 aromatic carbocycles. The van der Waals surface area contributed by atoms with Gasteiger partial charge in [0.05, 0.1) is 0 Å². The molecule has 0 heterocycles. The van der Waals surface area contributed by atoms with Crippen LogP contribution >= 0.6 is 0 Å². The molecular weight excluding hydrogens is 242 g/mol. The van der Waals surface area contributed by atoms with E-state index in [1.165, 1.54) is 6.92 Å². The molecule has 0 amide bonds. The molecule has 0 aromatic heterocycles. The highest BCUT2D eigenvalue weighted by atomic mass is 16.5. The van der Waals surface area contributed by atoms with Gasteiger partial charge in [-0.2, -0.15) is 0 Å². The van der Waals surface area contributed by atoms with Gasteiger partial charge in [-0.25, -0.2) is 0 Å². The van der Waals surface area contributed by atoms with Gasteiger partial charge in [-0.15, -0.1) is 0 Å². The fourth-order valence-electron chi connectivity index (χ4n) is 1.78. The van der Waals surface area contributed by atoms with Crippen molar-refractivity contribution in [2.24, 2.45) is 0 Å². The maximum atomic E-state index is 11.1. The highest BCUT2D eigenvalue weighted by Crippen LogP contribution is 2.33. The molecule has 0 aliphatic heterocycles. The van der Waals surface area contributed by atoms with Gasteiger partial charge in [-0.3, -0.25) is 4.79 Å². The van der Waals surface area contributed by atoms with Gasteiger partial charge in [0.1, 0.15) is 18.1 Å². The molecule has 0 saturated carbocycles. The molecule has 1 aromatic rings. The third kappa shape index (κ3) is 4.56. The van der Waals surface area contributed by atoms with Crippen molar-refractivity contribution in [1.82, 2.24) is 5.32 Å². The maximum Gasteiger partial charge on any atom is 0.308 e. The Morgan fingerprint density at radius 3 is 2.53 bits per heavy atom. The lowest BCUT2D eigenvalue weighted by atomic mass is 10.00. The number of rotatable bonds is 6. The summed E-state index contributed by atoms with van der Waals surface area (Å²) < 4.78 is 11.0. The number of aryl methyl sites for hydroxylation is 1. The van der Waals surface area contributed by atoms with Gasteiger partial charge in [0.25, 0.3) is 0 Å². The summed E-state index contributed by atoms with van der Waals surface area (Å²) in [6, 6.07) is 3.83. The molecule has 0 bridgehead atoms. The van der Waals surface area contributed by atoms with E-state index in [1.807, 2.05) is 26.1 Å². The Hall–Kier alpha value is -1.55. The van der Waals surface area contributed by atoms with Gasteiger partial charge in [0.2, 0.25) is 0 Å². The van der Waals surface area contributed by atoms with Crippen LogP contribution < -0.4 is 14.8 Å². The number of likely N-dealkylation sites (N-methyl/N-ethyl adjacent to an activating group) is 1. The van der Waals surface area contributed by atoms with E-state index in [1.54, 1.807) is 0 Å². The highest BCUT2D eigenvalue weighted by molar-refractivity contribution is 5.70. The summed E-state index contributed by atoms with van der Waals surface area (Å²) in [5.74, 6) is 1.47. The lowest BCUT2D eigenvalue weighted by molar-refractivity contribution is -0.131. The molecule has 0 aliphatic carbocycles. The van der Waals surface area contributed by atoms with Gasteiger partial charge >= 0.3 is 5.97 Å². The third-order valence-corrected chi connectivity index (χ3v) is 2.79. The van der Waals surface area contributed by atoms with Gasteiger partial charge in [-0.05, 0) is 37.6 Å². The average molecular weight is 265 g/mol. The highest BCUT2D eigenvalue weighted by Gasteiger charge is 2.13. The van der Waals surface area contributed by atoms with Crippen LogP contribution in [-0.4, -0.2) is 26.2 Å². The minimum atomic E-state index is -0.304. The molecule has 1 N–H and O–H groups in total. The van der Waals surface area contributed by atoms with Crippen LogP contribution in [0.2, 0.25) is 0 Å². The predicted octanol–water partition coefficient (Wildman–Crippen LogP) is 2.64. The Morgan fingerprint density at radius 2 is 2.00 bits per heavy atom. The Labute approximate surface area is 115 Å². The largest absolute Gasteiger partial charge is 0.492 e. The van der Waals surface area contributed by atoms with E-state index in [0.717, 1.165) is 23.4 Å². The molecule has 4 heteroatoms. The standard InChI is InChI=1S/C15H23NO3/c1-10(2)13-9-14(19-12(4)17)11(3)8-15(13)18-7-6-16-5/h8-10,16H,6-7H2,1-5H3. The van der Waals surface area contributed by atoms with Crippen molar-refractivity contribution in [2.45, 2.75) is 33.6 Å². The lowest BCUT2D eigenvalue weighted by Crippen LogP contribution is -2.16. The van der Waals surface area contributed by atoms with Crippen molar-refractivity contribution in [2.75, 3.05) is 20.2 Å². The van der Waals surface area contributed by atoms with Crippen LogP contribution in [0.15, 0.2) is 12.1 Å². The van der Waals surface area contributed by atoms with Crippen molar-refractivity contribution in [3.63, 3.8) is 0 Å². The van der Waals surface area contributed by atoms with Crippen molar-refractivity contribution in [1.29, 1.82) is 0 Å². The molecule has 0 aliphatic rings. The second-order valence-electron chi connectivity index (χ2n) is 4.86. The van der Waals surface area contributed by atoms with E-state index < -0.39 is 0 Å². The zero-order valence-electron chi connectivity index (χ0n) is 12.4. The van der Waals surface area contributed by atoms with Crippen LogP contribution in [0.1, 0.15) is 37.8 Å². The number of ether oxygens (including phenoxy) is 2. The Kier molecular flexibility index (Phi) is 5.83. The topological polar surface area (TPSA) is 47.6 Å². The van der Waals surface area contributed by atoms with Crippen molar-refractivity contribution in [3.05, 3.63) is 23.3 Å². The van der Waals surface area contributed by atoms with Crippen LogP contribution in [0.5, 0.6) is 11.5 Å². The van der Waals surface area contributed by atoms with Crippen LogP contribution in [0.25, 0.3) is 0 Å². The summed E-state index contributed by atoms with van der Waals surface area (Å²) in [4.78, 5) is 11.1. The summed E-state index contributed by atoms with van der Waals surface area (Å²) in [5, 5.41) is 3.04. The summed E-state index contributed by atoms with van der Waals surface area (Å²) >= 11 is 0. The van der Waals surface area contributed by atoms with Gasteiger partial charge in [-0.1, -0.05) is 13.8 Å². The first-order chi connectivity index (χ1) is 8.95. The number of hydrogen-bond donors (Lipinski definition) is 1. The molecule has 0 saturated heterocycles. The fourth-order valence-corrected chi connectivity index (χ4v) is 1.78. The predicted molar refractivity (Wildman–Crippen MR) is 76.0 cm³/mol. The SMILES string of the molecule is CNCCOc1cc(C)c(OC(C)=O)cc1C(C)C. The normalized spacial score (nSPS) is 10.6. The van der Waals surface area contributed by atoms with Crippen molar-refractivity contribution < 1.29 is 14.3 Å². The first-order valence-electron chi connectivity index (χ1n) is 6.56. The van der Waals surface area contributed by atoms with Crippen molar-refractivity contribution in [3.8, 4) is 11.5 Å². The van der Waals surface area contributed by atoms with Crippen molar-refractivity contribution >= 4 is 5.97 Å². The summed E-state index contributed by atoms with van der Waals surface area (Å²) in [7, 11) is 1.89. The van der Waals surface area contributed by atoms with E-state index in [2.05, 4.69) is 19.2 Å². The number of nitrogens with one attached hydrogen (secondary N) is 1. The smallest absolute Gasteiger partial charge is 0.308 e. The Morgan fingerprint density at radius 1 is 1.32 bits per heavy atom. The van der Waals surface area contributed by atoms with Gasteiger partial charge in [0, 0.05) is 19.0 Å². The lowest BCUT2D eigenvalue weighted by Gasteiger charge is -2.17. The molecule has 0 unspecified atom stereocenters. The van der Waals surface area contributed by atoms with Crippen LogP contribution in [0.3, 0.4) is 0 Å². The molecule has 19 heavy (non-hydrogen) atoms. The molecule has 4 nitrogen and oxygen atoms in total. The zero-order chi connectivity index (χ0) is 14.4. The first kappa shape index (κ1) is 15.5. The third-order valence-electron chi connectivity index (χ3n) is 2.79. The monoisotopic (exact) mass is 265 g/mol. The van der Waals surface area contributed by atoms with Crippen LogP contribution in [0.4, 0.5) is 0 Å². The van der Waals surface area contributed by atoms with E-state index >= 15 is 0 Å². The summed E-state index contributed by atoms with van der Waals surface area (Å²) in [6.07, 6.45) is 0. The molecule has 0 atom stereocenters. The van der Waals surface area contributed by atoms with Crippen LogP contribution in [-0.2, 0) is 4.79 Å². The molecule has 0 radical (unpaired) electrons. The number of hydrogen-bond acceptors (Lipinski definition) is 4. The minimum Gasteiger partial charge on any atom is -0.492 e. The number of esters is 1. The van der Waals surface area contributed by atoms with Gasteiger partial charge < -0.3 is 14.8 Å².